The van der Waals surface area contributed by atoms with Crippen LogP contribution in [0.5, 0.6) is 0 Å². The van der Waals surface area contributed by atoms with E-state index in [1.165, 1.54) is 18.3 Å². The van der Waals surface area contributed by atoms with Crippen LogP contribution in [0.1, 0.15) is 5.69 Å². The number of hydrogen-bond donors (Lipinski definition) is 1. The van der Waals surface area contributed by atoms with Crippen molar-refractivity contribution < 1.29 is 4.92 Å². The zero-order valence-corrected chi connectivity index (χ0v) is 11.4. The summed E-state index contributed by atoms with van der Waals surface area (Å²) in [5, 5.41) is 14.6. The van der Waals surface area contributed by atoms with Crippen LogP contribution in [-0.4, -0.2) is 14.5 Å². The van der Waals surface area contributed by atoms with E-state index in [1.54, 1.807) is 17.7 Å². The van der Waals surface area contributed by atoms with E-state index in [9.17, 15) is 10.1 Å². The monoisotopic (exact) mass is 300 g/mol. The lowest BCUT2D eigenvalue weighted by atomic mass is 10.3. The fraction of sp³-hybridized carbons (Fsp3) is 0.182. The summed E-state index contributed by atoms with van der Waals surface area (Å²) in [6.07, 6.45) is 1.49. The molecule has 8 heteroatoms. The molecular formula is C11H10Cl2N4O2. The van der Waals surface area contributed by atoms with Gasteiger partial charge in [0.1, 0.15) is 5.15 Å². The van der Waals surface area contributed by atoms with E-state index in [0.29, 0.717) is 16.7 Å². The summed E-state index contributed by atoms with van der Waals surface area (Å²) in [4.78, 5) is 14.3. The zero-order chi connectivity index (χ0) is 14.0. The minimum atomic E-state index is -0.486. The molecule has 0 atom stereocenters. The highest BCUT2D eigenvalue weighted by Gasteiger charge is 2.15. The Morgan fingerprint density at radius 2 is 2.26 bits per heavy atom. The van der Waals surface area contributed by atoms with Gasteiger partial charge < -0.3 is 9.88 Å². The van der Waals surface area contributed by atoms with Gasteiger partial charge in [0.15, 0.2) is 0 Å². The van der Waals surface area contributed by atoms with Gasteiger partial charge in [0.05, 0.1) is 16.5 Å². The van der Waals surface area contributed by atoms with E-state index in [2.05, 4.69) is 10.3 Å². The smallest absolute Gasteiger partial charge is 0.311 e. The van der Waals surface area contributed by atoms with Crippen molar-refractivity contribution in [1.82, 2.24) is 9.55 Å². The second kappa shape index (κ2) is 5.46. The van der Waals surface area contributed by atoms with Crippen LogP contribution in [0.3, 0.4) is 0 Å². The number of nitro groups is 1. The molecule has 0 spiro atoms. The number of aromatic nitrogens is 2. The van der Waals surface area contributed by atoms with Crippen molar-refractivity contribution in [2.75, 3.05) is 5.32 Å². The molecule has 0 aliphatic rings. The number of anilines is 1. The Bertz CT molecular complexity index is 627. The molecule has 6 nitrogen and oxygen atoms in total. The lowest BCUT2D eigenvalue weighted by Crippen LogP contribution is -2.07. The molecule has 0 bridgehead atoms. The molecule has 0 saturated heterocycles. The minimum absolute atomic E-state index is 0.0751. The van der Waals surface area contributed by atoms with Crippen LogP contribution in [0, 0.1) is 10.1 Å². The first-order valence-electron chi connectivity index (χ1n) is 5.33. The highest BCUT2D eigenvalue weighted by molar-refractivity contribution is 6.41. The van der Waals surface area contributed by atoms with E-state index in [1.807, 2.05) is 0 Å². The van der Waals surface area contributed by atoms with Gasteiger partial charge in [-0.25, -0.2) is 4.98 Å². The summed E-state index contributed by atoms with van der Waals surface area (Å²) in [6, 6.07) is 4.60. The average Bonchev–Trinajstić information content (AvgIpc) is 2.64. The van der Waals surface area contributed by atoms with Gasteiger partial charge in [-0.1, -0.05) is 23.2 Å². The quantitative estimate of drug-likeness (QED) is 0.695. The van der Waals surface area contributed by atoms with Gasteiger partial charge in [-0.2, -0.15) is 0 Å². The maximum Gasteiger partial charge on any atom is 0.311 e. The van der Waals surface area contributed by atoms with Crippen molar-refractivity contribution in [3.8, 4) is 0 Å². The number of nitrogens with zero attached hydrogens (tertiary/aromatic N) is 3. The topological polar surface area (TPSA) is 73.0 Å². The maximum absolute atomic E-state index is 10.8. The molecule has 0 aromatic carbocycles. The predicted molar refractivity (Wildman–Crippen MR) is 73.7 cm³/mol. The molecule has 0 amide bonds. The predicted octanol–water partition coefficient (Wildman–Crippen LogP) is 3.25. The standard InChI is InChI=1S/C11H10Cl2N4O2/c1-16-7(5-8(12)10(16)13)6-15-11-9(17(18)19)3-2-4-14-11/h2-5H,6H2,1H3,(H,14,15). The zero-order valence-electron chi connectivity index (χ0n) is 9.93. The van der Waals surface area contributed by atoms with Gasteiger partial charge in [0, 0.05) is 25.0 Å². The van der Waals surface area contributed by atoms with Crippen LogP contribution in [0.15, 0.2) is 24.4 Å². The third kappa shape index (κ3) is 2.80. The highest BCUT2D eigenvalue weighted by atomic mass is 35.5. The summed E-state index contributed by atoms with van der Waals surface area (Å²) < 4.78 is 1.70. The molecule has 2 rings (SSSR count). The fourth-order valence-electron chi connectivity index (χ4n) is 1.61. The number of rotatable bonds is 4. The first-order chi connectivity index (χ1) is 9.00. The Morgan fingerprint density at radius 1 is 1.53 bits per heavy atom. The summed E-state index contributed by atoms with van der Waals surface area (Å²) in [5.41, 5.74) is 0.726. The van der Waals surface area contributed by atoms with Crippen molar-refractivity contribution in [3.05, 3.63) is 50.4 Å². The second-order valence-corrected chi connectivity index (χ2v) is 4.58. The molecule has 1 N–H and O–H groups in total. The molecule has 0 radical (unpaired) electrons. The third-order valence-electron chi connectivity index (χ3n) is 2.64. The molecule has 2 heterocycles. The van der Waals surface area contributed by atoms with Gasteiger partial charge in [-0.05, 0) is 12.1 Å². The normalized spacial score (nSPS) is 10.5. The maximum atomic E-state index is 10.8. The first kappa shape index (κ1) is 13.6. The van der Waals surface area contributed by atoms with Gasteiger partial charge >= 0.3 is 5.69 Å². The second-order valence-electron chi connectivity index (χ2n) is 3.82. The first-order valence-corrected chi connectivity index (χ1v) is 6.09. The summed E-state index contributed by atoms with van der Waals surface area (Å²) in [5.74, 6) is 0.209. The highest BCUT2D eigenvalue weighted by Crippen LogP contribution is 2.26. The molecule has 0 unspecified atom stereocenters. The summed E-state index contributed by atoms with van der Waals surface area (Å²) >= 11 is 11.8. The van der Waals surface area contributed by atoms with Crippen LogP contribution >= 0.6 is 23.2 Å². The number of pyridine rings is 1. The number of halogens is 2. The largest absolute Gasteiger partial charge is 0.359 e. The fourth-order valence-corrected chi connectivity index (χ4v) is 2.03. The molecule has 0 aliphatic carbocycles. The van der Waals surface area contributed by atoms with E-state index in [-0.39, 0.29) is 11.5 Å². The SMILES string of the molecule is Cn1c(CNc2ncccc2[N+](=O)[O-])cc(Cl)c1Cl. The molecule has 19 heavy (non-hydrogen) atoms. The Hall–Kier alpha value is -1.79. The Balaban J connectivity index is 2.19. The van der Waals surface area contributed by atoms with Crippen LogP contribution in [-0.2, 0) is 13.6 Å². The van der Waals surface area contributed by atoms with E-state index in [0.717, 1.165) is 5.69 Å². The summed E-state index contributed by atoms with van der Waals surface area (Å²) in [6.45, 7) is 0.334. The van der Waals surface area contributed by atoms with E-state index < -0.39 is 4.92 Å². The van der Waals surface area contributed by atoms with Crippen LogP contribution < -0.4 is 5.32 Å². The van der Waals surface area contributed by atoms with E-state index >= 15 is 0 Å². The minimum Gasteiger partial charge on any atom is -0.359 e. The molecule has 0 saturated carbocycles. The summed E-state index contributed by atoms with van der Waals surface area (Å²) in [7, 11) is 1.76. The van der Waals surface area contributed by atoms with Gasteiger partial charge in [0.25, 0.3) is 0 Å². The Morgan fingerprint density at radius 3 is 2.84 bits per heavy atom. The van der Waals surface area contributed by atoms with Crippen molar-refractivity contribution >= 4 is 34.7 Å². The van der Waals surface area contributed by atoms with Crippen LogP contribution in [0.4, 0.5) is 11.5 Å². The Labute approximate surface area is 119 Å². The van der Waals surface area contributed by atoms with Crippen molar-refractivity contribution in [2.45, 2.75) is 6.54 Å². The van der Waals surface area contributed by atoms with Crippen LogP contribution in [0.25, 0.3) is 0 Å². The van der Waals surface area contributed by atoms with Gasteiger partial charge in [-0.3, -0.25) is 10.1 Å². The van der Waals surface area contributed by atoms with Crippen molar-refractivity contribution in [3.63, 3.8) is 0 Å². The lowest BCUT2D eigenvalue weighted by Gasteiger charge is -2.07. The number of nitrogens with one attached hydrogen (secondary N) is 1. The van der Waals surface area contributed by atoms with E-state index in [4.69, 9.17) is 23.2 Å². The van der Waals surface area contributed by atoms with Gasteiger partial charge in [0.2, 0.25) is 5.82 Å². The van der Waals surface area contributed by atoms with Crippen molar-refractivity contribution in [1.29, 1.82) is 0 Å². The number of hydrogen-bond acceptors (Lipinski definition) is 4. The molecular weight excluding hydrogens is 291 g/mol. The molecule has 0 fully saturated rings. The molecule has 100 valence electrons. The van der Waals surface area contributed by atoms with Crippen LogP contribution in [0.2, 0.25) is 10.2 Å². The Kier molecular flexibility index (Phi) is 3.92. The molecule has 2 aromatic rings. The molecule has 2 aromatic heterocycles. The lowest BCUT2D eigenvalue weighted by molar-refractivity contribution is -0.384. The van der Waals surface area contributed by atoms with Crippen molar-refractivity contribution in [2.24, 2.45) is 7.05 Å². The van der Waals surface area contributed by atoms with Gasteiger partial charge in [-0.15, -0.1) is 0 Å². The third-order valence-corrected chi connectivity index (χ3v) is 3.48. The average molecular weight is 301 g/mol. The molecule has 0 aliphatic heterocycles.